The van der Waals surface area contributed by atoms with Crippen LogP contribution in [0.5, 0.6) is 17.2 Å². The predicted octanol–water partition coefficient (Wildman–Crippen LogP) is 4.56. The molecule has 4 rings (SSSR count). The van der Waals surface area contributed by atoms with Crippen LogP contribution in [-0.2, 0) is 6.61 Å². The van der Waals surface area contributed by atoms with Gasteiger partial charge < -0.3 is 19.5 Å². The average molecular weight is 361 g/mol. The highest BCUT2D eigenvalue weighted by Crippen LogP contribution is 2.36. The van der Waals surface area contributed by atoms with E-state index < -0.39 is 0 Å². The van der Waals surface area contributed by atoms with Gasteiger partial charge in [0.1, 0.15) is 12.4 Å². The highest BCUT2D eigenvalue weighted by molar-refractivity contribution is 6.07. The molecule has 1 N–H and O–H groups in total. The maximum absolute atomic E-state index is 12.8. The zero-order chi connectivity index (χ0) is 18.6. The number of benzene rings is 3. The molecule has 5 heteroatoms. The Bertz CT molecular complexity index is 969. The van der Waals surface area contributed by atoms with Gasteiger partial charge in [0, 0.05) is 0 Å². The number of nitrogens with one attached hydrogen (secondary N) is 1. The molecule has 3 aromatic rings. The number of carbonyl (C=O) groups excluding carboxylic acids is 1. The SMILES string of the molecule is Cc1ccc(NC(=O)c2cccc3c2OCO3)c(OCc2ccccc2)c1. The van der Waals surface area contributed by atoms with Gasteiger partial charge in [-0.2, -0.15) is 0 Å². The van der Waals surface area contributed by atoms with E-state index in [1.165, 1.54) is 0 Å². The van der Waals surface area contributed by atoms with Gasteiger partial charge in [-0.05, 0) is 42.3 Å². The van der Waals surface area contributed by atoms with Crippen LogP contribution in [0.2, 0.25) is 0 Å². The van der Waals surface area contributed by atoms with E-state index in [-0.39, 0.29) is 12.7 Å². The Kier molecular flexibility index (Phi) is 4.66. The Hall–Kier alpha value is -3.47. The molecule has 0 aromatic heterocycles. The molecule has 27 heavy (non-hydrogen) atoms. The van der Waals surface area contributed by atoms with Gasteiger partial charge in [-0.15, -0.1) is 0 Å². The van der Waals surface area contributed by atoms with E-state index in [2.05, 4.69) is 5.32 Å². The summed E-state index contributed by atoms with van der Waals surface area (Å²) >= 11 is 0. The fourth-order valence-electron chi connectivity index (χ4n) is 2.89. The summed E-state index contributed by atoms with van der Waals surface area (Å²) in [6.07, 6.45) is 0. The minimum absolute atomic E-state index is 0.121. The second-order valence-corrected chi connectivity index (χ2v) is 6.27. The fraction of sp³-hybridized carbons (Fsp3) is 0.136. The number of hydrogen-bond donors (Lipinski definition) is 1. The van der Waals surface area contributed by atoms with Gasteiger partial charge in [0.15, 0.2) is 11.5 Å². The number of anilines is 1. The molecule has 0 fully saturated rings. The lowest BCUT2D eigenvalue weighted by molar-refractivity contribution is 0.102. The molecule has 0 radical (unpaired) electrons. The van der Waals surface area contributed by atoms with Gasteiger partial charge in [0.25, 0.3) is 5.91 Å². The lowest BCUT2D eigenvalue weighted by Gasteiger charge is -2.14. The summed E-state index contributed by atoms with van der Waals surface area (Å²) < 4.78 is 16.7. The Morgan fingerprint density at radius 2 is 1.89 bits per heavy atom. The van der Waals surface area contributed by atoms with Crippen molar-refractivity contribution in [3.63, 3.8) is 0 Å². The van der Waals surface area contributed by atoms with E-state index in [0.29, 0.717) is 35.1 Å². The van der Waals surface area contributed by atoms with Crippen LogP contribution in [0.25, 0.3) is 0 Å². The summed E-state index contributed by atoms with van der Waals surface area (Å²) in [4.78, 5) is 12.8. The number of amides is 1. The van der Waals surface area contributed by atoms with Crippen molar-refractivity contribution in [2.45, 2.75) is 13.5 Å². The molecule has 1 amide bonds. The summed E-state index contributed by atoms with van der Waals surface area (Å²) in [5.74, 6) is 1.39. The molecule has 0 aliphatic carbocycles. The molecule has 0 bridgehead atoms. The Morgan fingerprint density at radius 1 is 1.04 bits per heavy atom. The number of rotatable bonds is 5. The second-order valence-electron chi connectivity index (χ2n) is 6.27. The molecule has 136 valence electrons. The third kappa shape index (κ3) is 3.72. The molecule has 5 nitrogen and oxygen atoms in total. The normalized spacial score (nSPS) is 11.9. The molecule has 0 saturated carbocycles. The third-order valence-corrected chi connectivity index (χ3v) is 4.26. The Balaban J connectivity index is 1.55. The van der Waals surface area contributed by atoms with Gasteiger partial charge in [0.2, 0.25) is 6.79 Å². The first-order valence-corrected chi connectivity index (χ1v) is 8.68. The number of fused-ring (bicyclic) bond motifs is 1. The molecule has 0 saturated heterocycles. The fourth-order valence-corrected chi connectivity index (χ4v) is 2.89. The standard InChI is InChI=1S/C22H19NO4/c1-15-10-11-18(20(12-15)25-13-16-6-3-2-4-7-16)23-22(24)17-8-5-9-19-21(17)27-14-26-19/h2-12H,13-14H2,1H3,(H,23,24). The monoisotopic (exact) mass is 361 g/mol. The lowest BCUT2D eigenvalue weighted by Crippen LogP contribution is -2.14. The minimum atomic E-state index is -0.272. The predicted molar refractivity (Wildman–Crippen MR) is 102 cm³/mol. The zero-order valence-corrected chi connectivity index (χ0v) is 14.9. The molecule has 1 heterocycles. The summed E-state index contributed by atoms with van der Waals surface area (Å²) in [5, 5.41) is 2.92. The van der Waals surface area contributed by atoms with Crippen LogP contribution in [0.3, 0.4) is 0 Å². The van der Waals surface area contributed by atoms with Crippen LogP contribution < -0.4 is 19.5 Å². The van der Waals surface area contributed by atoms with Crippen molar-refractivity contribution < 1.29 is 19.0 Å². The number of hydrogen-bond acceptors (Lipinski definition) is 4. The van der Waals surface area contributed by atoms with Gasteiger partial charge in [-0.25, -0.2) is 0 Å². The highest BCUT2D eigenvalue weighted by atomic mass is 16.7. The van der Waals surface area contributed by atoms with Crippen LogP contribution in [0, 0.1) is 6.92 Å². The number of para-hydroxylation sites is 1. The van der Waals surface area contributed by atoms with E-state index in [0.717, 1.165) is 11.1 Å². The highest BCUT2D eigenvalue weighted by Gasteiger charge is 2.22. The van der Waals surface area contributed by atoms with E-state index in [1.54, 1.807) is 18.2 Å². The maximum atomic E-state index is 12.8. The van der Waals surface area contributed by atoms with Crippen LogP contribution >= 0.6 is 0 Å². The van der Waals surface area contributed by atoms with E-state index in [9.17, 15) is 4.79 Å². The number of carbonyl (C=O) groups is 1. The summed E-state index contributed by atoms with van der Waals surface area (Å²) in [5.41, 5.74) is 3.15. The topological polar surface area (TPSA) is 56.8 Å². The first-order chi connectivity index (χ1) is 13.2. The quantitative estimate of drug-likeness (QED) is 0.724. The van der Waals surface area contributed by atoms with Crippen LogP contribution in [0.15, 0.2) is 66.7 Å². The first kappa shape index (κ1) is 17.0. The van der Waals surface area contributed by atoms with Crippen molar-refractivity contribution in [1.82, 2.24) is 0 Å². The van der Waals surface area contributed by atoms with Crippen molar-refractivity contribution in [3.8, 4) is 17.2 Å². The maximum Gasteiger partial charge on any atom is 0.259 e. The van der Waals surface area contributed by atoms with Crippen molar-refractivity contribution in [2.24, 2.45) is 0 Å². The van der Waals surface area contributed by atoms with Gasteiger partial charge in [0.05, 0.1) is 11.3 Å². The first-order valence-electron chi connectivity index (χ1n) is 8.68. The summed E-state index contributed by atoms with van der Waals surface area (Å²) in [6, 6.07) is 20.8. The largest absolute Gasteiger partial charge is 0.487 e. The molecular formula is C22H19NO4. The third-order valence-electron chi connectivity index (χ3n) is 4.26. The Morgan fingerprint density at radius 3 is 2.74 bits per heavy atom. The molecule has 0 atom stereocenters. The molecule has 0 unspecified atom stereocenters. The minimum Gasteiger partial charge on any atom is -0.487 e. The zero-order valence-electron chi connectivity index (χ0n) is 14.9. The lowest BCUT2D eigenvalue weighted by atomic mass is 10.1. The van der Waals surface area contributed by atoms with Crippen LogP contribution in [0.1, 0.15) is 21.5 Å². The number of aryl methyl sites for hydroxylation is 1. The summed E-state index contributed by atoms with van der Waals surface area (Å²) in [7, 11) is 0. The van der Waals surface area contributed by atoms with Crippen LogP contribution in [-0.4, -0.2) is 12.7 Å². The second kappa shape index (κ2) is 7.41. The Labute approximate surface area is 157 Å². The van der Waals surface area contributed by atoms with E-state index in [4.69, 9.17) is 14.2 Å². The van der Waals surface area contributed by atoms with Gasteiger partial charge >= 0.3 is 0 Å². The van der Waals surface area contributed by atoms with Crippen molar-refractivity contribution in [2.75, 3.05) is 12.1 Å². The van der Waals surface area contributed by atoms with Gasteiger partial charge in [-0.1, -0.05) is 42.5 Å². The van der Waals surface area contributed by atoms with Crippen molar-refractivity contribution >= 4 is 11.6 Å². The molecule has 3 aromatic carbocycles. The smallest absolute Gasteiger partial charge is 0.259 e. The van der Waals surface area contributed by atoms with Crippen molar-refractivity contribution in [3.05, 3.63) is 83.4 Å². The van der Waals surface area contributed by atoms with Gasteiger partial charge in [-0.3, -0.25) is 4.79 Å². The molecular weight excluding hydrogens is 342 g/mol. The number of ether oxygens (including phenoxy) is 3. The average Bonchev–Trinajstić information content (AvgIpc) is 3.17. The van der Waals surface area contributed by atoms with E-state index >= 15 is 0 Å². The van der Waals surface area contributed by atoms with Crippen LogP contribution in [0.4, 0.5) is 5.69 Å². The molecule has 1 aliphatic heterocycles. The molecule has 1 aliphatic rings. The molecule has 0 spiro atoms. The summed E-state index contributed by atoms with van der Waals surface area (Å²) in [6.45, 7) is 2.52. The van der Waals surface area contributed by atoms with E-state index in [1.807, 2.05) is 55.5 Å². The van der Waals surface area contributed by atoms with Crippen molar-refractivity contribution in [1.29, 1.82) is 0 Å².